The van der Waals surface area contributed by atoms with E-state index in [0.717, 1.165) is 20.9 Å². The van der Waals surface area contributed by atoms with Gasteiger partial charge in [-0.2, -0.15) is 0 Å². The van der Waals surface area contributed by atoms with E-state index in [4.69, 9.17) is 23.2 Å². The second-order valence-electron chi connectivity index (χ2n) is 3.56. The van der Waals surface area contributed by atoms with Crippen LogP contribution >= 0.6 is 43.9 Å². The highest BCUT2D eigenvalue weighted by molar-refractivity contribution is 7.70. The highest BCUT2D eigenvalue weighted by Crippen LogP contribution is 2.31. The van der Waals surface area contributed by atoms with Crippen LogP contribution in [-0.4, -0.2) is 7.05 Å². The van der Waals surface area contributed by atoms with Crippen LogP contribution in [0.4, 0.5) is 5.00 Å². The maximum atomic E-state index is 11.3. The maximum absolute atomic E-state index is 11.3. The lowest BCUT2D eigenvalue weighted by molar-refractivity contribution is 0.935. The fourth-order valence-electron chi connectivity index (χ4n) is 1.45. The van der Waals surface area contributed by atoms with E-state index >= 15 is 0 Å². The van der Waals surface area contributed by atoms with Crippen molar-refractivity contribution in [1.29, 1.82) is 0 Å². The number of nitrogens with zero attached hydrogens (tertiary/aromatic N) is 1. The molecule has 0 atom stereocenters. The Bertz CT molecular complexity index is 579. The van der Waals surface area contributed by atoms with Crippen LogP contribution in [0, 0.1) is 0 Å². The number of halogens is 2. The van der Waals surface area contributed by atoms with Crippen molar-refractivity contribution < 1.29 is 0 Å². The lowest BCUT2D eigenvalue weighted by Gasteiger charge is -2.17. The Hall–Kier alpha value is -0.550. The molecule has 0 radical (unpaired) electrons. The van der Waals surface area contributed by atoms with E-state index in [1.54, 1.807) is 0 Å². The third kappa shape index (κ3) is 3.01. The van der Waals surface area contributed by atoms with E-state index in [1.165, 1.54) is 10.3 Å². The van der Waals surface area contributed by atoms with Gasteiger partial charge in [0.15, 0.2) is 0 Å². The Labute approximate surface area is 116 Å². The van der Waals surface area contributed by atoms with Crippen LogP contribution in [0.1, 0.15) is 5.56 Å². The SMILES string of the molecule is CN(Cc1cccc(Cl)c1)c1ssc(=O)c1Cl. The first-order chi connectivity index (χ1) is 8.08. The summed E-state index contributed by atoms with van der Waals surface area (Å²) in [6.07, 6.45) is 0. The molecule has 6 heteroatoms. The quantitative estimate of drug-likeness (QED) is 0.795. The van der Waals surface area contributed by atoms with Gasteiger partial charge in [-0.1, -0.05) is 45.7 Å². The summed E-state index contributed by atoms with van der Waals surface area (Å²) in [4.78, 5) is 13.3. The van der Waals surface area contributed by atoms with Gasteiger partial charge in [0.05, 0.1) is 0 Å². The van der Waals surface area contributed by atoms with E-state index in [9.17, 15) is 4.79 Å². The van der Waals surface area contributed by atoms with Crippen LogP contribution in [0.25, 0.3) is 0 Å². The molecule has 2 aromatic rings. The highest BCUT2D eigenvalue weighted by Gasteiger charge is 2.12. The molecule has 2 rings (SSSR count). The van der Waals surface area contributed by atoms with Gasteiger partial charge in [0, 0.05) is 18.6 Å². The molecule has 0 amide bonds. The van der Waals surface area contributed by atoms with E-state index in [2.05, 4.69) is 0 Å². The van der Waals surface area contributed by atoms with Crippen molar-refractivity contribution in [3.05, 3.63) is 49.4 Å². The van der Waals surface area contributed by atoms with Crippen molar-refractivity contribution in [2.45, 2.75) is 6.54 Å². The van der Waals surface area contributed by atoms with Gasteiger partial charge >= 0.3 is 0 Å². The summed E-state index contributed by atoms with van der Waals surface area (Å²) in [6.45, 7) is 0.674. The molecule has 90 valence electrons. The van der Waals surface area contributed by atoms with Gasteiger partial charge in [-0.05, 0) is 28.0 Å². The van der Waals surface area contributed by atoms with Crippen LogP contribution in [0.15, 0.2) is 29.1 Å². The standard InChI is InChI=1S/C11H9Cl2NOS2/c1-14(10-9(13)11(15)17-16-10)6-7-3-2-4-8(12)5-7/h2-5H,6H2,1H3. The molecular formula is C11H9Cl2NOS2. The van der Waals surface area contributed by atoms with Crippen molar-refractivity contribution in [3.63, 3.8) is 0 Å². The molecule has 0 unspecified atom stereocenters. The van der Waals surface area contributed by atoms with Crippen LogP contribution in [0.3, 0.4) is 0 Å². The summed E-state index contributed by atoms with van der Waals surface area (Å²) >= 11 is 11.9. The number of hydrogen-bond donors (Lipinski definition) is 0. The zero-order valence-corrected chi connectivity index (χ0v) is 12.1. The minimum absolute atomic E-state index is 0.0791. The minimum Gasteiger partial charge on any atom is -0.360 e. The van der Waals surface area contributed by atoms with Crippen LogP contribution < -0.4 is 9.64 Å². The normalized spacial score (nSPS) is 10.5. The molecule has 1 aromatic carbocycles. The largest absolute Gasteiger partial charge is 0.360 e. The summed E-state index contributed by atoms with van der Waals surface area (Å²) in [7, 11) is 4.46. The molecule has 1 heterocycles. The van der Waals surface area contributed by atoms with E-state index < -0.39 is 0 Å². The van der Waals surface area contributed by atoms with Gasteiger partial charge in [0.25, 0.3) is 4.74 Å². The van der Waals surface area contributed by atoms with E-state index in [0.29, 0.717) is 16.6 Å². The van der Waals surface area contributed by atoms with Crippen molar-refractivity contribution in [3.8, 4) is 0 Å². The summed E-state index contributed by atoms with van der Waals surface area (Å²) in [5.41, 5.74) is 1.09. The fraction of sp³-hybridized carbons (Fsp3) is 0.182. The molecule has 0 aliphatic rings. The maximum Gasteiger partial charge on any atom is 0.263 e. The molecule has 0 N–H and O–H groups in total. The predicted molar refractivity (Wildman–Crippen MR) is 77.0 cm³/mol. The summed E-state index contributed by atoms with van der Waals surface area (Å²) < 4.78 is -0.0791. The van der Waals surface area contributed by atoms with Gasteiger partial charge in [0.2, 0.25) is 0 Å². The smallest absolute Gasteiger partial charge is 0.263 e. The summed E-state index contributed by atoms with van der Waals surface area (Å²) in [5, 5.41) is 1.83. The zero-order chi connectivity index (χ0) is 12.4. The first-order valence-corrected chi connectivity index (χ1v) is 7.72. The first kappa shape index (κ1) is 12.9. The molecule has 1 aromatic heterocycles. The van der Waals surface area contributed by atoms with Gasteiger partial charge in [-0.25, -0.2) is 0 Å². The second kappa shape index (κ2) is 5.40. The van der Waals surface area contributed by atoms with E-state index in [1.807, 2.05) is 36.2 Å². The fourth-order valence-corrected chi connectivity index (χ4v) is 4.41. The first-order valence-electron chi connectivity index (χ1n) is 4.82. The minimum atomic E-state index is -0.0791. The van der Waals surface area contributed by atoms with Crippen molar-refractivity contribution >= 4 is 48.9 Å². The number of hydrogen-bond acceptors (Lipinski definition) is 4. The third-order valence-electron chi connectivity index (χ3n) is 2.22. The van der Waals surface area contributed by atoms with Crippen LogP contribution in [-0.2, 0) is 6.54 Å². The Balaban J connectivity index is 2.20. The Morgan fingerprint density at radius 1 is 1.29 bits per heavy atom. The number of benzene rings is 1. The van der Waals surface area contributed by atoms with Crippen molar-refractivity contribution in [2.75, 3.05) is 11.9 Å². The Morgan fingerprint density at radius 2 is 2.06 bits per heavy atom. The highest BCUT2D eigenvalue weighted by atomic mass is 35.5. The molecule has 0 aliphatic heterocycles. The van der Waals surface area contributed by atoms with Crippen LogP contribution in [0.2, 0.25) is 10.0 Å². The molecule has 0 spiro atoms. The zero-order valence-electron chi connectivity index (χ0n) is 8.94. The van der Waals surface area contributed by atoms with Crippen molar-refractivity contribution in [2.24, 2.45) is 0 Å². The van der Waals surface area contributed by atoms with Crippen molar-refractivity contribution in [1.82, 2.24) is 0 Å². The van der Waals surface area contributed by atoms with Gasteiger partial charge in [-0.15, -0.1) is 0 Å². The lowest BCUT2D eigenvalue weighted by atomic mass is 10.2. The molecule has 0 aliphatic carbocycles. The van der Waals surface area contributed by atoms with Gasteiger partial charge in [0.1, 0.15) is 10.0 Å². The number of rotatable bonds is 3. The molecule has 0 saturated carbocycles. The molecule has 0 fully saturated rings. The summed E-state index contributed by atoms with van der Waals surface area (Å²) in [6, 6.07) is 7.64. The predicted octanol–water partition coefficient (Wildman–Crippen LogP) is 4.11. The average Bonchev–Trinajstić information content (AvgIpc) is 2.60. The second-order valence-corrected chi connectivity index (χ2v) is 6.46. The topological polar surface area (TPSA) is 20.3 Å². The average molecular weight is 306 g/mol. The molecular weight excluding hydrogens is 297 g/mol. The Morgan fingerprint density at radius 3 is 2.65 bits per heavy atom. The summed E-state index contributed by atoms with van der Waals surface area (Å²) in [5.74, 6) is 0. The lowest BCUT2D eigenvalue weighted by Crippen LogP contribution is -2.16. The molecule has 17 heavy (non-hydrogen) atoms. The molecule has 0 bridgehead atoms. The van der Waals surface area contributed by atoms with E-state index in [-0.39, 0.29) is 4.74 Å². The third-order valence-corrected chi connectivity index (χ3v) is 5.32. The molecule has 0 saturated heterocycles. The monoisotopic (exact) mass is 305 g/mol. The molecule has 2 nitrogen and oxygen atoms in total. The Kier molecular flexibility index (Phi) is 4.09. The number of anilines is 1. The van der Waals surface area contributed by atoms with Crippen LogP contribution in [0.5, 0.6) is 0 Å². The van der Waals surface area contributed by atoms with Gasteiger partial charge in [-0.3, -0.25) is 4.79 Å². The van der Waals surface area contributed by atoms with Gasteiger partial charge < -0.3 is 4.90 Å².